The summed E-state index contributed by atoms with van der Waals surface area (Å²) in [6.45, 7) is 3.29. The van der Waals surface area contributed by atoms with Crippen molar-refractivity contribution in [2.75, 3.05) is 37.8 Å². The summed E-state index contributed by atoms with van der Waals surface area (Å²) >= 11 is 0. The van der Waals surface area contributed by atoms with Gasteiger partial charge in [0.2, 0.25) is 0 Å². The van der Waals surface area contributed by atoms with Crippen LogP contribution in [-0.4, -0.2) is 52.7 Å². The SMILES string of the molecule is FC(F)(F)c1cccc(-c2nn(C3CCCCO3)cc2-c2cc(N3CCOCC3)ncn2)c1. The fourth-order valence-corrected chi connectivity index (χ4v) is 4.17. The molecule has 1 atom stereocenters. The quantitative estimate of drug-likeness (QED) is 0.570. The van der Waals surface area contributed by atoms with Crippen LogP contribution in [0, 0.1) is 0 Å². The maximum atomic E-state index is 13.4. The Balaban J connectivity index is 1.58. The van der Waals surface area contributed by atoms with Gasteiger partial charge in [-0.15, -0.1) is 0 Å². The zero-order valence-electron chi connectivity index (χ0n) is 18.0. The summed E-state index contributed by atoms with van der Waals surface area (Å²) in [5.74, 6) is 0.750. The van der Waals surface area contributed by atoms with E-state index < -0.39 is 11.7 Å². The number of alkyl halides is 3. The Labute approximate surface area is 189 Å². The molecule has 3 aromatic rings. The third-order valence-corrected chi connectivity index (χ3v) is 5.91. The van der Waals surface area contributed by atoms with Gasteiger partial charge in [0.05, 0.1) is 24.5 Å². The molecule has 2 fully saturated rings. The average molecular weight is 459 g/mol. The second-order valence-electron chi connectivity index (χ2n) is 8.13. The molecular formula is C23H24F3N5O2. The van der Waals surface area contributed by atoms with E-state index in [-0.39, 0.29) is 6.23 Å². The number of hydrogen-bond donors (Lipinski definition) is 0. The van der Waals surface area contributed by atoms with Crippen LogP contribution in [0.25, 0.3) is 22.5 Å². The maximum Gasteiger partial charge on any atom is 0.416 e. The molecule has 0 spiro atoms. The smallest absolute Gasteiger partial charge is 0.378 e. The zero-order chi connectivity index (χ0) is 22.8. The Morgan fingerprint density at radius 1 is 1.00 bits per heavy atom. The van der Waals surface area contributed by atoms with Crippen molar-refractivity contribution in [3.05, 3.63) is 48.4 Å². The maximum absolute atomic E-state index is 13.4. The van der Waals surface area contributed by atoms with Gasteiger partial charge in [-0.1, -0.05) is 12.1 Å². The lowest BCUT2D eigenvalue weighted by molar-refractivity contribution is -0.137. The molecular weight excluding hydrogens is 435 g/mol. The second-order valence-corrected chi connectivity index (χ2v) is 8.13. The molecule has 1 unspecified atom stereocenters. The van der Waals surface area contributed by atoms with E-state index >= 15 is 0 Å². The van der Waals surface area contributed by atoms with Crippen LogP contribution in [0.15, 0.2) is 42.9 Å². The highest BCUT2D eigenvalue weighted by Gasteiger charge is 2.31. The van der Waals surface area contributed by atoms with Crippen molar-refractivity contribution >= 4 is 5.82 Å². The van der Waals surface area contributed by atoms with Crippen molar-refractivity contribution in [3.63, 3.8) is 0 Å². The first-order valence-corrected chi connectivity index (χ1v) is 11.0. The van der Waals surface area contributed by atoms with Gasteiger partial charge in [0.25, 0.3) is 0 Å². The van der Waals surface area contributed by atoms with Crippen LogP contribution < -0.4 is 4.90 Å². The van der Waals surface area contributed by atoms with Crippen molar-refractivity contribution < 1.29 is 22.6 Å². The summed E-state index contributed by atoms with van der Waals surface area (Å²) in [6.07, 6.45) is 1.39. The van der Waals surface area contributed by atoms with E-state index in [1.54, 1.807) is 10.7 Å². The summed E-state index contributed by atoms with van der Waals surface area (Å²) in [6, 6.07) is 7.08. The molecule has 0 aliphatic carbocycles. The molecule has 0 amide bonds. The van der Waals surface area contributed by atoms with Gasteiger partial charge < -0.3 is 14.4 Å². The number of halogens is 3. The second kappa shape index (κ2) is 9.11. The van der Waals surface area contributed by atoms with Crippen molar-refractivity contribution in [2.24, 2.45) is 0 Å². The van der Waals surface area contributed by atoms with Gasteiger partial charge in [0.1, 0.15) is 24.1 Å². The van der Waals surface area contributed by atoms with Crippen molar-refractivity contribution in [2.45, 2.75) is 31.7 Å². The van der Waals surface area contributed by atoms with Gasteiger partial charge in [-0.25, -0.2) is 14.6 Å². The van der Waals surface area contributed by atoms with Gasteiger partial charge in [-0.05, 0) is 31.4 Å². The summed E-state index contributed by atoms with van der Waals surface area (Å²) < 4.78 is 53.1. The Morgan fingerprint density at radius 2 is 1.85 bits per heavy atom. The largest absolute Gasteiger partial charge is 0.416 e. The third kappa shape index (κ3) is 4.72. The Hall–Kier alpha value is -2.98. The normalized spacial score (nSPS) is 19.6. The van der Waals surface area contributed by atoms with Crippen molar-refractivity contribution in [1.82, 2.24) is 19.7 Å². The predicted octanol–water partition coefficient (Wildman–Crippen LogP) is 4.56. The summed E-state index contributed by atoms with van der Waals surface area (Å²) in [7, 11) is 0. The van der Waals surface area contributed by atoms with Crippen LogP contribution in [0.4, 0.5) is 19.0 Å². The van der Waals surface area contributed by atoms with Crippen LogP contribution in [0.2, 0.25) is 0 Å². The molecule has 10 heteroatoms. The predicted molar refractivity (Wildman–Crippen MR) is 116 cm³/mol. The molecule has 0 N–H and O–H groups in total. The number of hydrogen-bond acceptors (Lipinski definition) is 6. The molecule has 33 heavy (non-hydrogen) atoms. The fourth-order valence-electron chi connectivity index (χ4n) is 4.17. The molecule has 2 aromatic heterocycles. The molecule has 0 bridgehead atoms. The van der Waals surface area contributed by atoms with Gasteiger partial charge in [0.15, 0.2) is 0 Å². The third-order valence-electron chi connectivity index (χ3n) is 5.91. The van der Waals surface area contributed by atoms with Crippen LogP contribution >= 0.6 is 0 Å². The van der Waals surface area contributed by atoms with Crippen LogP contribution in [0.5, 0.6) is 0 Å². The minimum atomic E-state index is -4.44. The number of benzene rings is 1. The van der Waals surface area contributed by atoms with E-state index in [2.05, 4.69) is 20.0 Å². The summed E-state index contributed by atoms with van der Waals surface area (Å²) in [5.41, 5.74) is 1.33. The molecule has 2 saturated heterocycles. The first-order valence-electron chi connectivity index (χ1n) is 11.0. The number of rotatable bonds is 4. The fraction of sp³-hybridized carbons (Fsp3) is 0.435. The standard InChI is InChI=1S/C23H24F3N5O2/c24-23(25,26)17-5-3-4-16(12-17)22-18(14-31(29-22)21-6-1-2-9-33-21)19-13-20(28-15-27-19)30-7-10-32-11-8-30/h3-5,12-15,21H,1-2,6-11H2. The monoisotopic (exact) mass is 459 g/mol. The highest BCUT2D eigenvalue weighted by Crippen LogP contribution is 2.37. The summed E-state index contributed by atoms with van der Waals surface area (Å²) in [5, 5.41) is 4.68. The van der Waals surface area contributed by atoms with Crippen molar-refractivity contribution in [1.29, 1.82) is 0 Å². The molecule has 0 saturated carbocycles. The van der Waals surface area contributed by atoms with Crippen LogP contribution in [-0.2, 0) is 15.7 Å². The minimum Gasteiger partial charge on any atom is -0.378 e. The van der Waals surface area contributed by atoms with Gasteiger partial charge in [-0.2, -0.15) is 18.3 Å². The molecule has 4 heterocycles. The topological polar surface area (TPSA) is 65.3 Å². The van der Waals surface area contributed by atoms with E-state index in [4.69, 9.17) is 9.47 Å². The zero-order valence-corrected chi connectivity index (χ0v) is 18.0. The number of morpholine rings is 1. The van der Waals surface area contributed by atoms with Gasteiger partial charge in [-0.3, -0.25) is 0 Å². The molecule has 7 nitrogen and oxygen atoms in total. The van der Waals surface area contributed by atoms with E-state index in [0.29, 0.717) is 55.4 Å². The average Bonchev–Trinajstić information content (AvgIpc) is 3.31. The number of anilines is 1. The molecule has 1 aromatic carbocycles. The Morgan fingerprint density at radius 3 is 2.61 bits per heavy atom. The molecule has 2 aliphatic rings. The lowest BCUT2D eigenvalue weighted by Gasteiger charge is -2.27. The van der Waals surface area contributed by atoms with E-state index in [1.807, 2.05) is 12.3 Å². The highest BCUT2D eigenvalue weighted by molar-refractivity contribution is 5.79. The van der Waals surface area contributed by atoms with Gasteiger partial charge >= 0.3 is 6.18 Å². The first kappa shape index (κ1) is 21.8. The van der Waals surface area contributed by atoms with Gasteiger partial charge in [0, 0.05) is 43.1 Å². The lowest BCUT2D eigenvalue weighted by atomic mass is 10.0. The van der Waals surface area contributed by atoms with Crippen LogP contribution in [0.1, 0.15) is 31.1 Å². The molecule has 2 aliphatic heterocycles. The highest BCUT2D eigenvalue weighted by atomic mass is 19.4. The van der Waals surface area contributed by atoms with E-state index in [1.165, 1.54) is 12.4 Å². The minimum absolute atomic E-state index is 0.252. The summed E-state index contributed by atoms with van der Waals surface area (Å²) in [4.78, 5) is 10.9. The lowest BCUT2D eigenvalue weighted by Crippen LogP contribution is -2.36. The number of nitrogens with zero attached hydrogens (tertiary/aromatic N) is 5. The molecule has 0 radical (unpaired) electrons. The van der Waals surface area contributed by atoms with E-state index in [0.717, 1.165) is 37.2 Å². The Bertz CT molecular complexity index is 1110. The van der Waals surface area contributed by atoms with Crippen LogP contribution in [0.3, 0.4) is 0 Å². The first-order chi connectivity index (χ1) is 16.0. The number of ether oxygens (including phenoxy) is 2. The molecule has 5 rings (SSSR count). The Kier molecular flexibility index (Phi) is 6.03. The van der Waals surface area contributed by atoms with E-state index in [9.17, 15) is 13.2 Å². The molecule has 174 valence electrons. The van der Waals surface area contributed by atoms with Crippen molar-refractivity contribution in [3.8, 4) is 22.5 Å². The number of aromatic nitrogens is 4.